The molecular weight excluding hydrogens is 390 g/mol. The number of nitrogens with one attached hydrogen (secondary N) is 1. The number of likely N-dealkylation sites (tertiary alicyclic amines) is 1. The Bertz CT molecular complexity index is 917. The van der Waals surface area contributed by atoms with Crippen molar-refractivity contribution in [2.75, 3.05) is 13.1 Å². The van der Waals surface area contributed by atoms with Crippen LogP contribution in [0.5, 0.6) is 0 Å². The first-order valence-corrected chi connectivity index (χ1v) is 10.7. The van der Waals surface area contributed by atoms with Gasteiger partial charge >= 0.3 is 0 Å². The van der Waals surface area contributed by atoms with Crippen molar-refractivity contribution in [1.29, 1.82) is 0 Å². The number of thiazole rings is 1. The Morgan fingerprint density at radius 2 is 2.00 bits per heavy atom. The van der Waals surface area contributed by atoms with E-state index in [1.165, 1.54) is 0 Å². The molecule has 1 fully saturated rings. The molecule has 1 aliphatic heterocycles. The van der Waals surface area contributed by atoms with E-state index in [1.807, 2.05) is 53.9 Å². The third kappa shape index (κ3) is 4.27. The predicted molar refractivity (Wildman–Crippen MR) is 114 cm³/mol. The summed E-state index contributed by atoms with van der Waals surface area (Å²) in [6.07, 6.45) is 3.86. The van der Waals surface area contributed by atoms with Crippen molar-refractivity contribution < 1.29 is 4.79 Å². The standard InChI is InChI=1S/C22H22ClN3OS/c23-18-10-5-4-9-17(18)19-11-6-13-26(19)15-20(27)25-21(22-24-12-14-28-22)16-7-2-1-3-8-16/h1-5,7-10,12,14,19,21H,6,11,13,15H2,(H,25,27). The van der Waals surface area contributed by atoms with Crippen LogP contribution in [0.1, 0.15) is 41.1 Å². The first kappa shape index (κ1) is 19.1. The van der Waals surface area contributed by atoms with Gasteiger partial charge in [0.05, 0.1) is 6.54 Å². The highest BCUT2D eigenvalue weighted by Crippen LogP contribution is 2.35. The van der Waals surface area contributed by atoms with Gasteiger partial charge in [-0.2, -0.15) is 0 Å². The van der Waals surface area contributed by atoms with Gasteiger partial charge in [-0.25, -0.2) is 4.98 Å². The molecule has 6 heteroatoms. The van der Waals surface area contributed by atoms with Gasteiger partial charge in [-0.05, 0) is 36.6 Å². The van der Waals surface area contributed by atoms with E-state index in [4.69, 9.17) is 11.6 Å². The van der Waals surface area contributed by atoms with E-state index in [-0.39, 0.29) is 18.0 Å². The van der Waals surface area contributed by atoms with Crippen LogP contribution in [-0.2, 0) is 4.79 Å². The third-order valence-corrected chi connectivity index (χ3v) is 6.30. The summed E-state index contributed by atoms with van der Waals surface area (Å²) in [5.74, 6) is 0.00278. The highest BCUT2D eigenvalue weighted by atomic mass is 35.5. The van der Waals surface area contributed by atoms with E-state index in [1.54, 1.807) is 17.5 Å². The maximum absolute atomic E-state index is 12.9. The molecule has 0 radical (unpaired) electrons. The van der Waals surface area contributed by atoms with Gasteiger partial charge in [0.2, 0.25) is 5.91 Å². The van der Waals surface area contributed by atoms with Crippen LogP contribution in [0.3, 0.4) is 0 Å². The second-order valence-corrected chi connectivity index (χ2v) is 8.26. The zero-order valence-corrected chi connectivity index (χ0v) is 17.0. The number of amides is 1. The minimum atomic E-state index is -0.227. The summed E-state index contributed by atoms with van der Waals surface area (Å²) in [6.45, 7) is 1.25. The normalized spacial score (nSPS) is 18.1. The summed E-state index contributed by atoms with van der Waals surface area (Å²) >= 11 is 7.96. The van der Waals surface area contributed by atoms with Crippen molar-refractivity contribution in [2.45, 2.75) is 24.9 Å². The fourth-order valence-corrected chi connectivity index (χ4v) is 4.79. The van der Waals surface area contributed by atoms with Gasteiger partial charge in [-0.1, -0.05) is 60.1 Å². The maximum atomic E-state index is 12.9. The molecule has 4 rings (SSSR count). The van der Waals surface area contributed by atoms with Gasteiger partial charge in [-0.3, -0.25) is 9.69 Å². The Balaban J connectivity index is 1.49. The number of benzene rings is 2. The molecule has 2 atom stereocenters. The maximum Gasteiger partial charge on any atom is 0.235 e. The van der Waals surface area contributed by atoms with Gasteiger partial charge in [0.25, 0.3) is 0 Å². The summed E-state index contributed by atoms with van der Waals surface area (Å²) in [5, 5.41) is 6.78. The van der Waals surface area contributed by atoms with Gasteiger partial charge in [0.15, 0.2) is 0 Å². The number of rotatable bonds is 6. The van der Waals surface area contributed by atoms with E-state index in [0.29, 0.717) is 6.54 Å². The molecule has 28 heavy (non-hydrogen) atoms. The summed E-state index contributed by atoms with van der Waals surface area (Å²) < 4.78 is 0. The van der Waals surface area contributed by atoms with Crippen LogP contribution < -0.4 is 5.32 Å². The number of carbonyl (C=O) groups is 1. The zero-order chi connectivity index (χ0) is 19.3. The lowest BCUT2D eigenvalue weighted by molar-refractivity contribution is -0.123. The van der Waals surface area contributed by atoms with Crippen LogP contribution in [-0.4, -0.2) is 28.9 Å². The fraction of sp³-hybridized carbons (Fsp3) is 0.273. The number of halogens is 1. The van der Waals surface area contributed by atoms with Crippen molar-refractivity contribution >= 4 is 28.8 Å². The van der Waals surface area contributed by atoms with Gasteiger partial charge in [-0.15, -0.1) is 11.3 Å². The molecule has 1 aromatic heterocycles. The molecule has 1 aliphatic rings. The number of hydrogen-bond donors (Lipinski definition) is 1. The van der Waals surface area contributed by atoms with Crippen molar-refractivity contribution in [2.24, 2.45) is 0 Å². The van der Waals surface area contributed by atoms with E-state index in [0.717, 1.165) is 40.5 Å². The number of nitrogens with zero attached hydrogens (tertiary/aromatic N) is 2. The molecule has 0 saturated carbocycles. The lowest BCUT2D eigenvalue weighted by Crippen LogP contribution is -2.39. The smallest absolute Gasteiger partial charge is 0.235 e. The number of hydrogen-bond acceptors (Lipinski definition) is 4. The fourth-order valence-electron chi connectivity index (χ4n) is 3.81. The van der Waals surface area contributed by atoms with Crippen LogP contribution in [0.25, 0.3) is 0 Å². The van der Waals surface area contributed by atoms with Crippen LogP contribution in [0, 0.1) is 0 Å². The Kier molecular flexibility index (Phi) is 6.05. The van der Waals surface area contributed by atoms with Crippen LogP contribution in [0.2, 0.25) is 5.02 Å². The first-order chi connectivity index (χ1) is 13.7. The predicted octanol–water partition coefficient (Wildman–Crippen LogP) is 4.84. The highest BCUT2D eigenvalue weighted by molar-refractivity contribution is 7.09. The highest BCUT2D eigenvalue weighted by Gasteiger charge is 2.30. The van der Waals surface area contributed by atoms with Crippen molar-refractivity contribution in [3.05, 3.63) is 87.3 Å². The van der Waals surface area contributed by atoms with Crippen molar-refractivity contribution in [1.82, 2.24) is 15.2 Å². The molecular formula is C22H22ClN3OS. The Hall–Kier alpha value is -2.21. The largest absolute Gasteiger partial charge is 0.342 e. The Morgan fingerprint density at radius 1 is 1.21 bits per heavy atom. The third-order valence-electron chi connectivity index (χ3n) is 5.11. The molecule has 0 aliphatic carbocycles. The molecule has 4 nitrogen and oxygen atoms in total. The lowest BCUT2D eigenvalue weighted by Gasteiger charge is -2.26. The molecule has 3 aromatic rings. The van der Waals surface area contributed by atoms with E-state index in [9.17, 15) is 4.79 Å². The molecule has 2 heterocycles. The molecule has 144 valence electrons. The van der Waals surface area contributed by atoms with Crippen LogP contribution >= 0.6 is 22.9 Å². The second-order valence-electron chi connectivity index (χ2n) is 6.93. The summed E-state index contributed by atoms with van der Waals surface area (Å²) in [6, 6.07) is 17.9. The van der Waals surface area contributed by atoms with E-state index < -0.39 is 0 Å². The zero-order valence-electron chi connectivity index (χ0n) is 15.4. The Morgan fingerprint density at radius 3 is 2.75 bits per heavy atom. The van der Waals surface area contributed by atoms with Crippen molar-refractivity contribution in [3.8, 4) is 0 Å². The molecule has 2 aromatic carbocycles. The molecule has 1 saturated heterocycles. The summed E-state index contributed by atoms with van der Waals surface area (Å²) in [4.78, 5) is 19.6. The summed E-state index contributed by atoms with van der Waals surface area (Å²) in [5.41, 5.74) is 2.14. The van der Waals surface area contributed by atoms with Crippen LogP contribution in [0.15, 0.2) is 66.2 Å². The molecule has 1 amide bonds. The van der Waals surface area contributed by atoms with Gasteiger partial charge in [0, 0.05) is 22.6 Å². The monoisotopic (exact) mass is 411 g/mol. The average Bonchev–Trinajstić information content (AvgIpc) is 3.39. The number of aromatic nitrogens is 1. The Labute approximate surface area is 174 Å². The van der Waals surface area contributed by atoms with Crippen LogP contribution in [0.4, 0.5) is 0 Å². The topological polar surface area (TPSA) is 45.2 Å². The van der Waals surface area contributed by atoms with E-state index in [2.05, 4.69) is 21.3 Å². The molecule has 0 bridgehead atoms. The number of carbonyl (C=O) groups excluding carboxylic acids is 1. The summed E-state index contributed by atoms with van der Waals surface area (Å²) in [7, 11) is 0. The lowest BCUT2D eigenvalue weighted by atomic mass is 10.0. The second kappa shape index (κ2) is 8.86. The molecule has 2 unspecified atom stereocenters. The van der Waals surface area contributed by atoms with Crippen molar-refractivity contribution in [3.63, 3.8) is 0 Å². The van der Waals surface area contributed by atoms with Gasteiger partial charge in [0.1, 0.15) is 11.0 Å². The SMILES string of the molecule is O=C(CN1CCCC1c1ccccc1Cl)NC(c1ccccc1)c1nccs1. The molecule has 1 N–H and O–H groups in total. The molecule has 0 spiro atoms. The minimum Gasteiger partial charge on any atom is -0.342 e. The minimum absolute atomic E-state index is 0.00278. The average molecular weight is 412 g/mol. The van der Waals surface area contributed by atoms with E-state index >= 15 is 0 Å². The first-order valence-electron chi connectivity index (χ1n) is 9.44. The quantitative estimate of drug-likeness (QED) is 0.631. The van der Waals surface area contributed by atoms with Gasteiger partial charge < -0.3 is 5.32 Å².